The van der Waals surface area contributed by atoms with Crippen molar-refractivity contribution in [2.75, 3.05) is 0 Å². The van der Waals surface area contributed by atoms with E-state index in [-0.39, 0.29) is 0 Å². The van der Waals surface area contributed by atoms with Crippen LogP contribution in [0.2, 0.25) is 0 Å². The molecular weight excluding hydrogens is 334 g/mol. The fourth-order valence-corrected chi connectivity index (χ4v) is 2.97. The van der Waals surface area contributed by atoms with Gasteiger partial charge in [-0.25, -0.2) is 4.98 Å². The predicted molar refractivity (Wildman–Crippen MR) is 87.5 cm³/mol. The maximum Gasteiger partial charge on any atom is 0.179 e. The molecule has 0 amide bonds. The van der Waals surface area contributed by atoms with Gasteiger partial charge in [0.15, 0.2) is 10.4 Å². The zero-order valence-corrected chi connectivity index (χ0v) is 13.5. The van der Waals surface area contributed by atoms with Crippen LogP contribution in [0.1, 0.15) is 11.1 Å². The molecule has 102 valence electrons. The van der Waals surface area contributed by atoms with Crippen LogP contribution in [0.5, 0.6) is 0 Å². The van der Waals surface area contributed by atoms with Crippen molar-refractivity contribution in [2.24, 2.45) is 0 Å². The molecule has 0 unspecified atom stereocenters. The summed E-state index contributed by atoms with van der Waals surface area (Å²) in [7, 11) is 0. The van der Waals surface area contributed by atoms with E-state index in [0.29, 0.717) is 0 Å². The Morgan fingerprint density at radius 2 is 2.15 bits per heavy atom. The first kappa shape index (κ1) is 13.5. The number of hydrogen-bond donors (Lipinski definition) is 1. The molecule has 0 radical (unpaired) electrons. The summed E-state index contributed by atoms with van der Waals surface area (Å²) in [5, 5.41) is 0. The van der Waals surface area contributed by atoms with Crippen molar-refractivity contribution in [1.29, 1.82) is 0 Å². The quantitative estimate of drug-likeness (QED) is 0.712. The Labute approximate surface area is 130 Å². The average Bonchev–Trinajstić information content (AvgIpc) is 2.73. The number of nitrogens with one attached hydrogen (secondary N) is 1. The first-order valence-electron chi connectivity index (χ1n) is 6.44. The van der Waals surface area contributed by atoms with E-state index >= 15 is 0 Å². The topological polar surface area (TPSA) is 33.6 Å². The number of rotatable bonds is 3. The third kappa shape index (κ3) is 2.55. The number of fused-ring (bicyclic) bond motifs is 1. The van der Waals surface area contributed by atoms with Crippen molar-refractivity contribution in [2.45, 2.75) is 19.9 Å². The molecule has 0 aliphatic carbocycles. The zero-order valence-electron chi connectivity index (χ0n) is 11.1. The van der Waals surface area contributed by atoms with Gasteiger partial charge in [-0.05, 0) is 58.7 Å². The van der Waals surface area contributed by atoms with E-state index in [0.717, 1.165) is 33.4 Å². The van der Waals surface area contributed by atoms with Gasteiger partial charge in [-0.15, -0.1) is 0 Å². The highest BCUT2D eigenvalue weighted by Crippen LogP contribution is 2.18. The van der Waals surface area contributed by atoms with E-state index in [1.807, 2.05) is 6.07 Å². The fourth-order valence-electron chi connectivity index (χ4n) is 2.35. The monoisotopic (exact) mass is 347 g/mol. The normalized spacial score (nSPS) is 11.1. The van der Waals surface area contributed by atoms with Gasteiger partial charge in [-0.2, -0.15) is 0 Å². The predicted octanol–water partition coefficient (Wildman–Crippen LogP) is 4.41. The molecule has 20 heavy (non-hydrogen) atoms. The summed E-state index contributed by atoms with van der Waals surface area (Å²) < 4.78 is 3.73. The number of halogens is 1. The second-order valence-electron chi connectivity index (χ2n) is 4.78. The van der Waals surface area contributed by atoms with E-state index in [4.69, 9.17) is 12.2 Å². The summed E-state index contributed by atoms with van der Waals surface area (Å²) in [6.07, 6.45) is 2.75. The van der Waals surface area contributed by atoms with E-state index in [9.17, 15) is 0 Å². The van der Waals surface area contributed by atoms with Crippen LogP contribution in [-0.2, 0) is 13.0 Å². The van der Waals surface area contributed by atoms with Crippen molar-refractivity contribution in [3.8, 4) is 0 Å². The van der Waals surface area contributed by atoms with E-state index in [2.05, 4.69) is 61.7 Å². The minimum Gasteiger partial charge on any atom is -0.329 e. The van der Waals surface area contributed by atoms with Gasteiger partial charge in [0.2, 0.25) is 0 Å². The highest BCUT2D eigenvalue weighted by molar-refractivity contribution is 9.10. The molecular formula is C15H14BrN3S. The Morgan fingerprint density at radius 3 is 2.95 bits per heavy atom. The van der Waals surface area contributed by atoms with Crippen LogP contribution in [0.3, 0.4) is 0 Å². The lowest BCUT2D eigenvalue weighted by atomic mass is 10.1. The van der Waals surface area contributed by atoms with Gasteiger partial charge in [0.05, 0.1) is 5.52 Å². The summed E-state index contributed by atoms with van der Waals surface area (Å²) in [4.78, 5) is 7.66. The van der Waals surface area contributed by atoms with E-state index in [1.165, 1.54) is 11.1 Å². The van der Waals surface area contributed by atoms with E-state index in [1.54, 1.807) is 6.20 Å². The number of pyridine rings is 1. The first-order chi connectivity index (χ1) is 9.65. The minimum atomic E-state index is 0.721. The molecule has 1 N–H and O–H groups in total. The summed E-state index contributed by atoms with van der Waals surface area (Å²) in [6, 6.07) is 10.4. The Hall–Kier alpha value is -1.46. The lowest BCUT2D eigenvalue weighted by molar-refractivity contribution is 0.698. The molecule has 5 heteroatoms. The Kier molecular flexibility index (Phi) is 3.72. The molecule has 3 nitrogen and oxygen atoms in total. The number of aryl methyl sites for hydroxylation is 3. The van der Waals surface area contributed by atoms with Gasteiger partial charge in [0, 0.05) is 17.2 Å². The van der Waals surface area contributed by atoms with Crippen LogP contribution in [0.4, 0.5) is 0 Å². The van der Waals surface area contributed by atoms with Gasteiger partial charge in [0.1, 0.15) is 0 Å². The molecule has 2 aromatic heterocycles. The summed E-state index contributed by atoms with van der Waals surface area (Å²) in [6.45, 7) is 2.97. The lowest BCUT2D eigenvalue weighted by Gasteiger charge is -2.07. The molecule has 1 aromatic carbocycles. The molecule has 0 spiro atoms. The Morgan fingerprint density at radius 1 is 1.35 bits per heavy atom. The molecule has 3 aromatic rings. The fraction of sp³-hybridized carbons (Fsp3) is 0.200. The number of H-pyrrole nitrogens is 1. The molecule has 0 atom stereocenters. The van der Waals surface area contributed by atoms with Crippen LogP contribution >= 0.6 is 28.1 Å². The molecule has 2 heterocycles. The molecule has 0 aliphatic rings. The second kappa shape index (κ2) is 5.50. The highest BCUT2D eigenvalue weighted by Gasteiger charge is 2.07. The van der Waals surface area contributed by atoms with Gasteiger partial charge in [0.25, 0.3) is 0 Å². The average molecular weight is 348 g/mol. The third-order valence-corrected chi connectivity index (χ3v) is 4.20. The lowest BCUT2D eigenvalue weighted by Crippen LogP contribution is -2.03. The number of nitrogens with zero attached hydrogens (tertiary/aromatic N) is 2. The Balaban J connectivity index is 1.94. The smallest absolute Gasteiger partial charge is 0.179 e. The largest absolute Gasteiger partial charge is 0.329 e. The van der Waals surface area contributed by atoms with Crippen LogP contribution in [0, 0.1) is 11.7 Å². The van der Waals surface area contributed by atoms with Crippen molar-refractivity contribution < 1.29 is 0 Å². The molecule has 0 aliphatic heterocycles. The molecule has 0 saturated carbocycles. The van der Waals surface area contributed by atoms with E-state index < -0.39 is 0 Å². The SMILES string of the molecule is Cc1ccccc1CCn1c(=S)[nH]c2cc(Br)cnc21. The maximum absolute atomic E-state index is 5.40. The van der Waals surface area contributed by atoms with Gasteiger partial charge < -0.3 is 9.55 Å². The highest BCUT2D eigenvalue weighted by atomic mass is 79.9. The minimum absolute atomic E-state index is 0.721. The van der Waals surface area contributed by atoms with Crippen molar-refractivity contribution in [1.82, 2.24) is 14.5 Å². The van der Waals surface area contributed by atoms with Crippen molar-refractivity contribution >= 4 is 39.3 Å². The van der Waals surface area contributed by atoms with Crippen molar-refractivity contribution in [3.63, 3.8) is 0 Å². The van der Waals surface area contributed by atoms with Crippen LogP contribution in [0.15, 0.2) is 41.0 Å². The zero-order chi connectivity index (χ0) is 14.1. The standard InChI is InChI=1S/C15H14BrN3S/c1-10-4-2-3-5-11(10)6-7-19-14-13(18-15(19)20)8-12(16)9-17-14/h2-5,8-9H,6-7H2,1H3,(H,18,20). The molecule has 0 fully saturated rings. The van der Waals surface area contributed by atoms with Gasteiger partial charge >= 0.3 is 0 Å². The number of aromatic nitrogens is 3. The van der Waals surface area contributed by atoms with Crippen LogP contribution in [-0.4, -0.2) is 14.5 Å². The van der Waals surface area contributed by atoms with Gasteiger partial charge in [-0.3, -0.25) is 0 Å². The van der Waals surface area contributed by atoms with Crippen molar-refractivity contribution in [3.05, 3.63) is 56.9 Å². The molecule has 0 bridgehead atoms. The summed E-state index contributed by atoms with van der Waals surface area (Å²) >= 11 is 8.82. The molecule has 3 rings (SSSR count). The number of hydrogen-bond acceptors (Lipinski definition) is 2. The number of benzene rings is 1. The second-order valence-corrected chi connectivity index (χ2v) is 6.09. The Bertz CT molecular complexity index is 819. The maximum atomic E-state index is 5.40. The molecule has 0 saturated heterocycles. The third-order valence-electron chi connectivity index (χ3n) is 3.44. The van der Waals surface area contributed by atoms with Crippen LogP contribution in [0.25, 0.3) is 11.2 Å². The summed E-state index contributed by atoms with van der Waals surface area (Å²) in [5.41, 5.74) is 4.54. The first-order valence-corrected chi connectivity index (χ1v) is 7.64. The van der Waals surface area contributed by atoms with Crippen LogP contribution < -0.4 is 0 Å². The van der Waals surface area contributed by atoms with Gasteiger partial charge in [-0.1, -0.05) is 24.3 Å². The number of imidazole rings is 1. The number of aromatic amines is 1. The summed E-state index contributed by atoms with van der Waals surface area (Å²) in [5.74, 6) is 0.